The fourth-order valence-corrected chi connectivity index (χ4v) is 1.31. The lowest BCUT2D eigenvalue weighted by atomic mass is 10.00. The molecule has 1 aromatic heterocycles. The largest absolute Gasteiger partial charge is 0.475 e. The Morgan fingerprint density at radius 3 is 2.44 bits per heavy atom. The van der Waals surface area contributed by atoms with E-state index < -0.39 is 6.10 Å². The third-order valence-electron chi connectivity index (χ3n) is 2.28. The van der Waals surface area contributed by atoms with Crippen molar-refractivity contribution in [3.05, 3.63) is 23.9 Å². The van der Waals surface area contributed by atoms with E-state index in [1.54, 1.807) is 25.3 Å². The summed E-state index contributed by atoms with van der Waals surface area (Å²) in [6.45, 7) is 5.59. The zero-order valence-corrected chi connectivity index (χ0v) is 9.92. The molecule has 1 aromatic rings. The second-order valence-electron chi connectivity index (χ2n) is 4.20. The monoisotopic (exact) mass is 225 g/mol. The smallest absolute Gasteiger partial charge is 0.213 e. The van der Waals surface area contributed by atoms with Gasteiger partial charge in [0.25, 0.3) is 0 Å². The van der Waals surface area contributed by atoms with Crippen molar-refractivity contribution in [2.45, 2.75) is 33.0 Å². The minimum atomic E-state index is -0.689. The topological polar surface area (TPSA) is 62.6 Å². The van der Waals surface area contributed by atoms with E-state index >= 15 is 0 Å². The van der Waals surface area contributed by atoms with Crippen LogP contribution in [0.2, 0.25) is 0 Å². The van der Waals surface area contributed by atoms with Gasteiger partial charge in [0.15, 0.2) is 0 Å². The Morgan fingerprint density at radius 1 is 1.31 bits per heavy atom. The zero-order chi connectivity index (χ0) is 12.1. The van der Waals surface area contributed by atoms with E-state index in [-0.39, 0.29) is 18.6 Å². The molecule has 0 aromatic carbocycles. The molecule has 4 nitrogen and oxygen atoms in total. The molecule has 16 heavy (non-hydrogen) atoms. The highest BCUT2D eigenvalue weighted by Crippen LogP contribution is 2.22. The molecule has 0 spiro atoms. The lowest BCUT2D eigenvalue weighted by molar-refractivity contribution is 0.0766. The fourth-order valence-electron chi connectivity index (χ4n) is 1.31. The first-order chi connectivity index (χ1) is 7.54. The molecule has 0 aliphatic heterocycles. The normalized spacial score (nSPS) is 14.9. The third kappa shape index (κ3) is 3.47. The maximum absolute atomic E-state index is 9.82. The molecule has 1 rings (SSSR count). The molecule has 2 N–H and O–H groups in total. The van der Waals surface area contributed by atoms with E-state index in [9.17, 15) is 5.11 Å². The molecule has 0 saturated carbocycles. The van der Waals surface area contributed by atoms with Crippen LogP contribution < -0.4 is 4.74 Å². The van der Waals surface area contributed by atoms with Crippen molar-refractivity contribution in [1.29, 1.82) is 0 Å². The maximum Gasteiger partial charge on any atom is 0.213 e. The predicted molar refractivity (Wildman–Crippen MR) is 61.2 cm³/mol. The van der Waals surface area contributed by atoms with Crippen LogP contribution in [0.5, 0.6) is 5.88 Å². The minimum Gasteiger partial charge on any atom is -0.475 e. The Hall–Kier alpha value is -1.13. The molecule has 0 aliphatic rings. The summed E-state index contributed by atoms with van der Waals surface area (Å²) >= 11 is 0. The van der Waals surface area contributed by atoms with Gasteiger partial charge < -0.3 is 14.9 Å². The van der Waals surface area contributed by atoms with Crippen LogP contribution in [0.4, 0.5) is 0 Å². The number of pyridine rings is 1. The van der Waals surface area contributed by atoms with Crippen molar-refractivity contribution in [3.63, 3.8) is 0 Å². The van der Waals surface area contributed by atoms with Gasteiger partial charge in [0.05, 0.1) is 12.2 Å². The molecule has 0 saturated heterocycles. The van der Waals surface area contributed by atoms with E-state index in [0.29, 0.717) is 11.4 Å². The number of hydrogen-bond donors (Lipinski definition) is 2. The predicted octanol–water partition coefficient (Wildman–Crippen LogP) is 1.53. The van der Waals surface area contributed by atoms with Gasteiger partial charge in [-0.2, -0.15) is 0 Å². The van der Waals surface area contributed by atoms with Gasteiger partial charge in [-0.1, -0.05) is 6.92 Å². The first-order valence-corrected chi connectivity index (χ1v) is 5.46. The van der Waals surface area contributed by atoms with Crippen molar-refractivity contribution in [2.75, 3.05) is 6.61 Å². The molecule has 0 fully saturated rings. The van der Waals surface area contributed by atoms with Crippen LogP contribution >= 0.6 is 0 Å². The summed E-state index contributed by atoms with van der Waals surface area (Å²) in [5.74, 6) is 0.348. The lowest BCUT2D eigenvalue weighted by Crippen LogP contribution is -2.13. The van der Waals surface area contributed by atoms with E-state index in [1.165, 1.54) is 0 Å². The SMILES string of the molecule is CC(C)Oc1ccc(C(O)[C@H](C)CO)cn1. The van der Waals surface area contributed by atoms with E-state index in [4.69, 9.17) is 9.84 Å². The molecule has 1 unspecified atom stereocenters. The summed E-state index contributed by atoms with van der Waals surface area (Å²) in [7, 11) is 0. The Labute approximate surface area is 95.9 Å². The number of aromatic nitrogens is 1. The van der Waals surface area contributed by atoms with Crippen molar-refractivity contribution in [1.82, 2.24) is 4.98 Å². The second-order valence-corrected chi connectivity index (χ2v) is 4.20. The van der Waals surface area contributed by atoms with Crippen molar-refractivity contribution in [2.24, 2.45) is 5.92 Å². The molecule has 2 atom stereocenters. The van der Waals surface area contributed by atoms with Crippen molar-refractivity contribution >= 4 is 0 Å². The number of ether oxygens (including phenoxy) is 1. The van der Waals surface area contributed by atoms with Crippen LogP contribution in [-0.2, 0) is 0 Å². The number of hydrogen-bond acceptors (Lipinski definition) is 4. The second kappa shape index (κ2) is 5.82. The molecule has 0 bridgehead atoms. The first kappa shape index (κ1) is 12.9. The van der Waals surface area contributed by atoms with Crippen LogP contribution in [0.1, 0.15) is 32.4 Å². The van der Waals surface area contributed by atoms with Gasteiger partial charge in [-0.05, 0) is 25.5 Å². The fraction of sp³-hybridized carbons (Fsp3) is 0.583. The molecule has 0 aliphatic carbocycles. The summed E-state index contributed by atoms with van der Waals surface area (Å²) in [5, 5.41) is 18.8. The third-order valence-corrected chi connectivity index (χ3v) is 2.28. The highest BCUT2D eigenvalue weighted by Gasteiger charge is 2.15. The summed E-state index contributed by atoms with van der Waals surface area (Å²) in [6.07, 6.45) is 0.972. The van der Waals surface area contributed by atoms with Gasteiger partial charge in [0.2, 0.25) is 5.88 Å². The van der Waals surface area contributed by atoms with E-state index in [2.05, 4.69) is 4.98 Å². The van der Waals surface area contributed by atoms with Gasteiger partial charge in [0.1, 0.15) is 0 Å². The van der Waals surface area contributed by atoms with Crippen molar-refractivity contribution < 1.29 is 14.9 Å². The van der Waals surface area contributed by atoms with Crippen molar-refractivity contribution in [3.8, 4) is 5.88 Å². The quantitative estimate of drug-likeness (QED) is 0.797. The highest BCUT2D eigenvalue weighted by atomic mass is 16.5. The molecule has 1 heterocycles. The van der Waals surface area contributed by atoms with E-state index in [1.807, 2.05) is 13.8 Å². The van der Waals surface area contributed by atoms with Gasteiger partial charge in [0, 0.05) is 24.8 Å². The first-order valence-electron chi connectivity index (χ1n) is 5.46. The van der Waals surface area contributed by atoms with Crippen LogP contribution in [0, 0.1) is 5.92 Å². The lowest BCUT2D eigenvalue weighted by Gasteiger charge is -2.17. The molecular weight excluding hydrogens is 206 g/mol. The summed E-state index contributed by atoms with van der Waals surface area (Å²) in [6, 6.07) is 3.49. The summed E-state index contributed by atoms with van der Waals surface area (Å²) in [5.41, 5.74) is 0.692. The van der Waals surface area contributed by atoms with Crippen LogP contribution in [0.25, 0.3) is 0 Å². The molecule has 90 valence electrons. The number of rotatable bonds is 5. The van der Waals surface area contributed by atoms with Crippen LogP contribution in [0.15, 0.2) is 18.3 Å². The van der Waals surface area contributed by atoms with Gasteiger partial charge in [-0.3, -0.25) is 0 Å². The van der Waals surface area contributed by atoms with Crippen LogP contribution in [0.3, 0.4) is 0 Å². The number of nitrogens with zero attached hydrogens (tertiary/aromatic N) is 1. The summed E-state index contributed by atoms with van der Waals surface area (Å²) in [4.78, 5) is 4.09. The maximum atomic E-state index is 9.82. The highest BCUT2D eigenvalue weighted by molar-refractivity contribution is 5.20. The van der Waals surface area contributed by atoms with Gasteiger partial charge in [-0.15, -0.1) is 0 Å². The zero-order valence-electron chi connectivity index (χ0n) is 9.92. The molecule has 4 heteroatoms. The van der Waals surface area contributed by atoms with Gasteiger partial charge in [-0.25, -0.2) is 4.98 Å². The Balaban J connectivity index is 2.70. The number of aliphatic hydroxyl groups is 2. The Bertz CT molecular complexity index is 311. The van der Waals surface area contributed by atoms with E-state index in [0.717, 1.165) is 0 Å². The standard InChI is InChI=1S/C12H19NO3/c1-8(2)16-11-5-4-10(6-13-11)12(15)9(3)7-14/h4-6,8-9,12,14-15H,7H2,1-3H3/t9-,12?/m1/s1. The Morgan fingerprint density at radius 2 is 2.00 bits per heavy atom. The molecule has 0 radical (unpaired) electrons. The molecular formula is C12H19NO3. The minimum absolute atomic E-state index is 0.0502. The Kier molecular flexibility index (Phi) is 4.71. The average molecular weight is 225 g/mol. The van der Waals surface area contributed by atoms with Crippen LogP contribution in [-0.4, -0.2) is 27.9 Å². The summed E-state index contributed by atoms with van der Waals surface area (Å²) < 4.78 is 5.39. The number of aliphatic hydroxyl groups excluding tert-OH is 2. The van der Waals surface area contributed by atoms with Gasteiger partial charge >= 0.3 is 0 Å². The molecule has 0 amide bonds. The average Bonchev–Trinajstić information content (AvgIpc) is 2.27.